The summed E-state index contributed by atoms with van der Waals surface area (Å²) < 4.78 is 36.8. The molecule has 0 aliphatic carbocycles. The summed E-state index contributed by atoms with van der Waals surface area (Å²) in [5.74, 6) is -1.07. The molecule has 2 heterocycles. The lowest BCUT2D eigenvalue weighted by atomic mass is 10.2. The Hall–Kier alpha value is -1.12. The van der Waals surface area contributed by atoms with E-state index in [-0.39, 0.29) is 34.5 Å². The van der Waals surface area contributed by atoms with Gasteiger partial charge in [0.2, 0.25) is 0 Å². The zero-order valence-corrected chi connectivity index (χ0v) is 13.7. The van der Waals surface area contributed by atoms with Crippen LogP contribution in [0.25, 0.3) is 0 Å². The number of thioether (sulfide) groups is 1. The second-order valence-electron chi connectivity index (χ2n) is 5.07. The third kappa shape index (κ3) is 3.00. The second-order valence-corrected chi connectivity index (χ2v) is 8.70. The Bertz CT molecular complexity index is 736. The number of carbonyl (C=O) groups is 1. The normalized spacial score (nSPS) is 28.1. The third-order valence-corrected chi connectivity index (χ3v) is 6.94. The maximum absolute atomic E-state index is 13.1. The molecule has 5 nitrogen and oxygen atoms in total. The highest BCUT2D eigenvalue weighted by Gasteiger charge is 2.49. The van der Waals surface area contributed by atoms with Gasteiger partial charge < -0.3 is 4.90 Å². The summed E-state index contributed by atoms with van der Waals surface area (Å²) >= 11 is 6.74. The molecule has 0 unspecified atom stereocenters. The van der Waals surface area contributed by atoms with Crippen LogP contribution in [0.4, 0.5) is 10.1 Å². The van der Waals surface area contributed by atoms with Gasteiger partial charge in [-0.3, -0.25) is 4.79 Å². The van der Waals surface area contributed by atoms with Crippen molar-refractivity contribution < 1.29 is 17.6 Å². The fraction of sp³-hybridized carbons (Fsp3) is 0.385. The van der Waals surface area contributed by atoms with Gasteiger partial charge in [0.15, 0.2) is 15.0 Å². The molecular weight excluding hydrogens is 351 g/mol. The largest absolute Gasteiger partial charge is 0.316 e. The molecule has 2 fully saturated rings. The standard InChI is InChI=1S/C13H12ClFN2O3S2/c14-5-12(18)16-13-17(9-3-1-8(15)2-4-9)10-6-22(19,20)7-11(10)21-13/h1-4,10-11H,5-7H2/t10-,11-/m1/s1. The van der Waals surface area contributed by atoms with E-state index in [2.05, 4.69) is 4.99 Å². The first-order valence-corrected chi connectivity index (χ1v) is 9.72. The quantitative estimate of drug-likeness (QED) is 0.749. The van der Waals surface area contributed by atoms with Crippen molar-refractivity contribution in [3.63, 3.8) is 0 Å². The molecule has 0 saturated carbocycles. The fourth-order valence-electron chi connectivity index (χ4n) is 2.60. The Morgan fingerprint density at radius 1 is 1.36 bits per heavy atom. The van der Waals surface area contributed by atoms with Crippen molar-refractivity contribution >= 4 is 50.0 Å². The van der Waals surface area contributed by atoms with E-state index in [1.807, 2.05) is 0 Å². The molecular formula is C13H12ClFN2O3S2. The van der Waals surface area contributed by atoms with Crippen LogP contribution in [0.2, 0.25) is 0 Å². The summed E-state index contributed by atoms with van der Waals surface area (Å²) in [5.41, 5.74) is 0.611. The Balaban J connectivity index is 2.01. The lowest BCUT2D eigenvalue weighted by molar-refractivity contribution is -0.115. The smallest absolute Gasteiger partial charge is 0.262 e. The highest BCUT2D eigenvalue weighted by Crippen LogP contribution is 2.40. The topological polar surface area (TPSA) is 66.8 Å². The molecule has 3 rings (SSSR count). The molecule has 1 aromatic carbocycles. The molecule has 1 aromatic rings. The van der Waals surface area contributed by atoms with Crippen molar-refractivity contribution in [2.45, 2.75) is 11.3 Å². The number of amides is 1. The highest BCUT2D eigenvalue weighted by atomic mass is 35.5. The van der Waals surface area contributed by atoms with Gasteiger partial charge in [-0.1, -0.05) is 11.8 Å². The van der Waals surface area contributed by atoms with Gasteiger partial charge >= 0.3 is 0 Å². The number of anilines is 1. The maximum Gasteiger partial charge on any atom is 0.262 e. The number of aliphatic imine (C=N–C) groups is 1. The van der Waals surface area contributed by atoms with E-state index in [1.54, 1.807) is 17.0 Å². The number of alkyl halides is 1. The van der Waals surface area contributed by atoms with Gasteiger partial charge in [0, 0.05) is 10.9 Å². The zero-order valence-electron chi connectivity index (χ0n) is 11.3. The molecule has 0 N–H and O–H groups in total. The molecule has 2 aliphatic heterocycles. The van der Waals surface area contributed by atoms with Crippen molar-refractivity contribution in [2.24, 2.45) is 4.99 Å². The summed E-state index contributed by atoms with van der Waals surface area (Å²) in [6, 6.07) is 5.37. The number of rotatable bonds is 2. The predicted molar refractivity (Wildman–Crippen MR) is 85.9 cm³/mol. The number of amidine groups is 1. The van der Waals surface area contributed by atoms with Gasteiger partial charge in [-0.05, 0) is 24.3 Å². The van der Waals surface area contributed by atoms with Gasteiger partial charge in [0.05, 0.1) is 17.5 Å². The Labute approximate surface area is 136 Å². The number of nitrogens with zero attached hydrogens (tertiary/aromatic N) is 2. The number of hydrogen-bond donors (Lipinski definition) is 0. The highest BCUT2D eigenvalue weighted by molar-refractivity contribution is 8.16. The molecule has 0 radical (unpaired) electrons. The summed E-state index contributed by atoms with van der Waals surface area (Å²) in [5, 5.41) is 0.235. The van der Waals surface area contributed by atoms with Gasteiger partial charge in [-0.25, -0.2) is 12.8 Å². The van der Waals surface area contributed by atoms with E-state index >= 15 is 0 Å². The van der Waals surface area contributed by atoms with Crippen LogP contribution in [0, 0.1) is 5.82 Å². The lowest BCUT2D eigenvalue weighted by Crippen LogP contribution is -2.37. The minimum Gasteiger partial charge on any atom is -0.316 e. The maximum atomic E-state index is 13.1. The van der Waals surface area contributed by atoms with Crippen LogP contribution in [0.15, 0.2) is 29.3 Å². The van der Waals surface area contributed by atoms with Crippen molar-refractivity contribution in [3.05, 3.63) is 30.1 Å². The summed E-state index contributed by atoms with van der Waals surface area (Å²) in [6.45, 7) is 0. The average molecular weight is 363 g/mol. The van der Waals surface area contributed by atoms with Gasteiger partial charge in [0.25, 0.3) is 5.91 Å². The average Bonchev–Trinajstić information content (AvgIpc) is 2.91. The molecule has 2 aliphatic rings. The molecule has 22 heavy (non-hydrogen) atoms. The Kier molecular flexibility index (Phi) is 4.17. The minimum absolute atomic E-state index is 0.00384. The van der Waals surface area contributed by atoms with Crippen molar-refractivity contribution in [2.75, 3.05) is 22.3 Å². The Morgan fingerprint density at radius 3 is 2.68 bits per heavy atom. The van der Waals surface area contributed by atoms with Crippen LogP contribution in [-0.2, 0) is 14.6 Å². The van der Waals surface area contributed by atoms with Crippen molar-refractivity contribution in [3.8, 4) is 0 Å². The third-order valence-electron chi connectivity index (χ3n) is 3.51. The van der Waals surface area contributed by atoms with Gasteiger partial charge in [0.1, 0.15) is 11.7 Å². The summed E-state index contributed by atoms with van der Waals surface area (Å²) in [6.07, 6.45) is 0. The van der Waals surface area contributed by atoms with E-state index in [1.165, 1.54) is 23.9 Å². The fourth-order valence-corrected chi connectivity index (χ4v) is 6.60. The number of carbonyl (C=O) groups excluding carboxylic acids is 1. The van der Waals surface area contributed by atoms with Crippen LogP contribution in [0.3, 0.4) is 0 Å². The zero-order chi connectivity index (χ0) is 15.9. The van der Waals surface area contributed by atoms with Crippen molar-refractivity contribution in [1.82, 2.24) is 0 Å². The van der Waals surface area contributed by atoms with Gasteiger partial charge in [-0.15, -0.1) is 11.6 Å². The molecule has 9 heteroatoms. The minimum atomic E-state index is -3.11. The number of benzene rings is 1. The van der Waals surface area contributed by atoms with Crippen LogP contribution < -0.4 is 4.90 Å². The molecule has 0 bridgehead atoms. The van der Waals surface area contributed by atoms with Crippen LogP contribution in [0.1, 0.15) is 0 Å². The molecule has 2 atom stereocenters. The first-order chi connectivity index (χ1) is 10.4. The molecule has 118 valence electrons. The molecule has 2 saturated heterocycles. The molecule has 0 spiro atoms. The van der Waals surface area contributed by atoms with E-state index in [0.717, 1.165) is 0 Å². The lowest BCUT2D eigenvalue weighted by Gasteiger charge is -2.24. The van der Waals surface area contributed by atoms with E-state index in [4.69, 9.17) is 11.6 Å². The summed E-state index contributed by atoms with van der Waals surface area (Å²) in [4.78, 5) is 17.2. The number of fused-ring (bicyclic) bond motifs is 1. The molecule has 1 amide bonds. The van der Waals surface area contributed by atoms with Crippen LogP contribution >= 0.6 is 23.4 Å². The first-order valence-electron chi connectivity index (χ1n) is 6.49. The molecule has 0 aromatic heterocycles. The van der Waals surface area contributed by atoms with Crippen LogP contribution in [0.5, 0.6) is 0 Å². The van der Waals surface area contributed by atoms with Crippen LogP contribution in [-0.4, -0.2) is 48.2 Å². The summed E-state index contributed by atoms with van der Waals surface area (Å²) in [7, 11) is -3.11. The Morgan fingerprint density at radius 2 is 2.05 bits per heavy atom. The SMILES string of the molecule is O=C(CCl)N=C1S[C@@H]2CS(=O)(=O)C[C@H]2N1c1ccc(F)cc1. The monoisotopic (exact) mass is 362 g/mol. The number of halogens is 2. The van der Waals surface area contributed by atoms with E-state index in [0.29, 0.717) is 10.9 Å². The van der Waals surface area contributed by atoms with Gasteiger partial charge in [-0.2, -0.15) is 4.99 Å². The van der Waals surface area contributed by atoms with E-state index < -0.39 is 15.7 Å². The van der Waals surface area contributed by atoms with E-state index in [9.17, 15) is 17.6 Å². The second kappa shape index (κ2) is 5.82. The van der Waals surface area contributed by atoms with Crippen molar-refractivity contribution in [1.29, 1.82) is 0 Å². The predicted octanol–water partition coefficient (Wildman–Crippen LogP) is 1.67. The number of hydrogen-bond acceptors (Lipinski definition) is 4. The number of sulfone groups is 1. The first kappa shape index (κ1) is 15.8.